The molecule has 1 fully saturated rings. The third-order valence-electron chi connectivity index (χ3n) is 3.83. The monoisotopic (exact) mass is 265 g/mol. The Balaban J connectivity index is 2.04. The Kier molecular flexibility index (Phi) is 5.80. The van der Waals surface area contributed by atoms with Gasteiger partial charge in [-0.15, -0.1) is 0 Å². The van der Waals surface area contributed by atoms with Crippen molar-refractivity contribution in [1.29, 1.82) is 0 Å². The van der Waals surface area contributed by atoms with Crippen molar-refractivity contribution in [3.8, 4) is 0 Å². The molecule has 106 valence electrons. The quantitative estimate of drug-likeness (QED) is 0.847. The molecule has 1 saturated heterocycles. The lowest BCUT2D eigenvalue weighted by Gasteiger charge is -2.28. The fourth-order valence-electron chi connectivity index (χ4n) is 2.71. The van der Waals surface area contributed by atoms with E-state index >= 15 is 0 Å². The van der Waals surface area contributed by atoms with E-state index in [2.05, 4.69) is 12.2 Å². The first-order chi connectivity index (χ1) is 9.31. The van der Waals surface area contributed by atoms with Gasteiger partial charge in [-0.3, -0.25) is 0 Å². The predicted octanol–water partition coefficient (Wildman–Crippen LogP) is 3.68. The summed E-state index contributed by atoms with van der Waals surface area (Å²) in [5.41, 5.74) is 0.808. The third kappa shape index (κ3) is 4.29. The molecule has 1 N–H and O–H groups in total. The topological polar surface area (TPSA) is 21.3 Å². The number of halogens is 1. The van der Waals surface area contributed by atoms with E-state index in [0.717, 1.165) is 51.0 Å². The van der Waals surface area contributed by atoms with Gasteiger partial charge in [0.1, 0.15) is 5.82 Å². The molecule has 0 saturated carbocycles. The summed E-state index contributed by atoms with van der Waals surface area (Å²) < 4.78 is 19.4. The molecule has 1 heterocycles. The Bertz CT molecular complexity index is 377. The van der Waals surface area contributed by atoms with Crippen LogP contribution in [0.2, 0.25) is 0 Å². The molecule has 0 radical (unpaired) electrons. The van der Waals surface area contributed by atoms with Crippen LogP contribution >= 0.6 is 0 Å². The fourth-order valence-corrected chi connectivity index (χ4v) is 2.71. The molecule has 1 atom stereocenters. The van der Waals surface area contributed by atoms with Crippen LogP contribution in [0, 0.1) is 11.7 Å². The summed E-state index contributed by atoms with van der Waals surface area (Å²) in [5, 5.41) is 3.49. The van der Waals surface area contributed by atoms with Crippen molar-refractivity contribution in [2.24, 2.45) is 5.92 Å². The summed E-state index contributed by atoms with van der Waals surface area (Å²) in [6, 6.07) is 7.26. The number of rotatable bonds is 6. The first-order valence-electron chi connectivity index (χ1n) is 7.36. The smallest absolute Gasteiger partial charge is 0.127 e. The van der Waals surface area contributed by atoms with Crippen LogP contribution in [0.4, 0.5) is 4.39 Å². The molecule has 1 aromatic rings. The minimum Gasteiger partial charge on any atom is -0.381 e. The van der Waals surface area contributed by atoms with Gasteiger partial charge in [-0.05, 0) is 44.2 Å². The SMILES string of the molecule is CCCNC(CC1CCOCC1)c1ccccc1F. The van der Waals surface area contributed by atoms with Gasteiger partial charge < -0.3 is 10.1 Å². The van der Waals surface area contributed by atoms with Gasteiger partial charge in [-0.25, -0.2) is 4.39 Å². The second kappa shape index (κ2) is 7.61. The van der Waals surface area contributed by atoms with Crippen LogP contribution in [0.1, 0.15) is 44.2 Å². The van der Waals surface area contributed by atoms with Gasteiger partial charge in [-0.1, -0.05) is 25.1 Å². The van der Waals surface area contributed by atoms with Crippen molar-refractivity contribution in [2.75, 3.05) is 19.8 Å². The number of ether oxygens (including phenoxy) is 1. The van der Waals surface area contributed by atoms with Gasteiger partial charge in [0.2, 0.25) is 0 Å². The summed E-state index contributed by atoms with van der Waals surface area (Å²) in [6.07, 6.45) is 4.26. The first kappa shape index (κ1) is 14.5. The highest BCUT2D eigenvalue weighted by Gasteiger charge is 2.21. The van der Waals surface area contributed by atoms with Crippen molar-refractivity contribution in [3.05, 3.63) is 35.6 Å². The Morgan fingerprint density at radius 3 is 2.74 bits per heavy atom. The van der Waals surface area contributed by atoms with E-state index < -0.39 is 0 Å². The van der Waals surface area contributed by atoms with Crippen LogP contribution in [0.3, 0.4) is 0 Å². The Morgan fingerprint density at radius 1 is 1.32 bits per heavy atom. The average Bonchev–Trinajstić information content (AvgIpc) is 2.45. The van der Waals surface area contributed by atoms with E-state index in [-0.39, 0.29) is 11.9 Å². The number of hydrogen-bond acceptors (Lipinski definition) is 2. The Hall–Kier alpha value is -0.930. The molecule has 0 spiro atoms. The van der Waals surface area contributed by atoms with Gasteiger partial charge in [0, 0.05) is 24.8 Å². The lowest BCUT2D eigenvalue weighted by atomic mass is 9.89. The Morgan fingerprint density at radius 2 is 2.05 bits per heavy atom. The molecule has 1 aliphatic rings. The number of nitrogens with one attached hydrogen (secondary N) is 1. The normalized spacial score (nSPS) is 18.4. The Labute approximate surface area is 115 Å². The summed E-state index contributed by atoms with van der Waals surface area (Å²) in [4.78, 5) is 0. The second-order valence-corrected chi connectivity index (χ2v) is 5.32. The molecular weight excluding hydrogens is 241 g/mol. The maximum Gasteiger partial charge on any atom is 0.127 e. The zero-order valence-electron chi connectivity index (χ0n) is 11.7. The molecule has 0 aliphatic carbocycles. The summed E-state index contributed by atoms with van der Waals surface area (Å²) in [5.74, 6) is 0.547. The van der Waals surface area contributed by atoms with E-state index in [4.69, 9.17) is 4.74 Å². The van der Waals surface area contributed by atoms with Crippen LogP contribution in [-0.2, 0) is 4.74 Å². The number of benzene rings is 1. The minimum absolute atomic E-state index is 0.0943. The molecule has 0 bridgehead atoms. The lowest BCUT2D eigenvalue weighted by Crippen LogP contribution is -2.27. The van der Waals surface area contributed by atoms with Crippen molar-refractivity contribution < 1.29 is 9.13 Å². The fraction of sp³-hybridized carbons (Fsp3) is 0.625. The summed E-state index contributed by atoms with van der Waals surface area (Å²) in [7, 11) is 0. The van der Waals surface area contributed by atoms with E-state index in [9.17, 15) is 4.39 Å². The number of hydrogen-bond donors (Lipinski definition) is 1. The molecule has 2 nitrogen and oxygen atoms in total. The van der Waals surface area contributed by atoms with Crippen LogP contribution < -0.4 is 5.32 Å². The van der Waals surface area contributed by atoms with Gasteiger partial charge >= 0.3 is 0 Å². The minimum atomic E-state index is -0.0943. The summed E-state index contributed by atoms with van der Waals surface area (Å²) >= 11 is 0. The van der Waals surface area contributed by atoms with E-state index in [0.29, 0.717) is 5.92 Å². The van der Waals surface area contributed by atoms with Crippen LogP contribution in [-0.4, -0.2) is 19.8 Å². The van der Waals surface area contributed by atoms with Gasteiger partial charge in [0.25, 0.3) is 0 Å². The molecule has 1 aliphatic heterocycles. The average molecular weight is 265 g/mol. The van der Waals surface area contributed by atoms with Gasteiger partial charge in [0.15, 0.2) is 0 Å². The van der Waals surface area contributed by atoms with E-state index in [1.54, 1.807) is 12.1 Å². The molecular formula is C16H24FNO. The predicted molar refractivity (Wildman–Crippen MR) is 75.6 cm³/mol. The maximum absolute atomic E-state index is 14.0. The zero-order chi connectivity index (χ0) is 13.5. The molecule has 0 amide bonds. The van der Waals surface area contributed by atoms with Crippen molar-refractivity contribution in [3.63, 3.8) is 0 Å². The van der Waals surface area contributed by atoms with Crippen molar-refractivity contribution >= 4 is 0 Å². The zero-order valence-corrected chi connectivity index (χ0v) is 11.7. The molecule has 2 rings (SSSR count). The van der Waals surface area contributed by atoms with Crippen LogP contribution in [0.15, 0.2) is 24.3 Å². The first-order valence-corrected chi connectivity index (χ1v) is 7.36. The standard InChI is InChI=1S/C16H24FNO/c1-2-9-18-16(12-13-7-10-19-11-8-13)14-5-3-4-6-15(14)17/h3-6,13,16,18H,2,7-12H2,1H3. The molecule has 1 unspecified atom stereocenters. The second-order valence-electron chi connectivity index (χ2n) is 5.32. The van der Waals surface area contributed by atoms with Gasteiger partial charge in [0.05, 0.1) is 0 Å². The summed E-state index contributed by atoms with van der Waals surface area (Å²) in [6.45, 7) is 4.77. The molecule has 1 aromatic carbocycles. The van der Waals surface area contributed by atoms with E-state index in [1.807, 2.05) is 12.1 Å². The van der Waals surface area contributed by atoms with Crippen molar-refractivity contribution in [2.45, 2.75) is 38.6 Å². The largest absolute Gasteiger partial charge is 0.381 e. The van der Waals surface area contributed by atoms with Crippen LogP contribution in [0.5, 0.6) is 0 Å². The maximum atomic E-state index is 14.0. The lowest BCUT2D eigenvalue weighted by molar-refractivity contribution is 0.0604. The molecule has 0 aromatic heterocycles. The van der Waals surface area contributed by atoms with Gasteiger partial charge in [-0.2, -0.15) is 0 Å². The highest BCUT2D eigenvalue weighted by molar-refractivity contribution is 5.21. The highest BCUT2D eigenvalue weighted by atomic mass is 19.1. The van der Waals surface area contributed by atoms with Crippen molar-refractivity contribution in [1.82, 2.24) is 5.32 Å². The highest BCUT2D eigenvalue weighted by Crippen LogP contribution is 2.28. The third-order valence-corrected chi connectivity index (χ3v) is 3.83. The van der Waals surface area contributed by atoms with Crippen LogP contribution in [0.25, 0.3) is 0 Å². The van der Waals surface area contributed by atoms with E-state index in [1.165, 1.54) is 0 Å². The molecule has 3 heteroatoms. The molecule has 19 heavy (non-hydrogen) atoms.